The van der Waals surface area contributed by atoms with Crippen LogP contribution >= 0.6 is 0 Å². The Kier molecular flexibility index (Phi) is 4.58. The van der Waals surface area contributed by atoms with E-state index in [-0.39, 0.29) is 12.1 Å². The van der Waals surface area contributed by atoms with Crippen molar-refractivity contribution in [3.8, 4) is 0 Å². The number of hydrogen-bond donors (Lipinski definition) is 1. The second kappa shape index (κ2) is 7.22. The fourth-order valence-corrected chi connectivity index (χ4v) is 4.29. The molecule has 9 heteroatoms. The average molecular weight is 441 g/mol. The van der Waals surface area contributed by atoms with Crippen molar-refractivity contribution in [1.82, 2.24) is 15.2 Å². The number of ether oxygens (including phenoxy) is 1. The molecule has 164 valence electrons. The minimum Gasteiger partial charge on any atom is -0.438 e. The SMILES string of the molecule is O=C(NCc1cncc2ccccc12)N1C(=O)O[C@H](c2cccc(C(F)(F)F)c2)C12CC2. The lowest BCUT2D eigenvalue weighted by Gasteiger charge is -2.23. The van der Waals surface area contributed by atoms with Crippen LogP contribution < -0.4 is 5.32 Å². The number of hydrogen-bond acceptors (Lipinski definition) is 4. The Hall–Kier alpha value is -3.62. The van der Waals surface area contributed by atoms with Gasteiger partial charge in [-0.05, 0) is 41.5 Å². The standard InChI is InChI=1S/C23H18F3N3O3/c24-23(25,26)17-6-3-5-14(10-17)19-22(8-9-22)29(21(31)32-19)20(30)28-13-16-12-27-11-15-4-1-2-7-18(15)16/h1-7,10-12,19H,8-9,13H2,(H,28,30)/t19-/m1/s1. The summed E-state index contributed by atoms with van der Waals surface area (Å²) in [4.78, 5) is 30.7. The predicted molar refractivity (Wildman–Crippen MR) is 108 cm³/mol. The zero-order valence-corrected chi connectivity index (χ0v) is 16.7. The summed E-state index contributed by atoms with van der Waals surface area (Å²) in [7, 11) is 0. The fraction of sp³-hybridized carbons (Fsp3) is 0.261. The zero-order valence-electron chi connectivity index (χ0n) is 16.7. The molecule has 2 fully saturated rings. The maximum absolute atomic E-state index is 13.1. The van der Waals surface area contributed by atoms with Crippen molar-refractivity contribution in [2.24, 2.45) is 0 Å². The summed E-state index contributed by atoms with van der Waals surface area (Å²) < 4.78 is 44.8. The lowest BCUT2D eigenvalue weighted by atomic mass is 9.98. The van der Waals surface area contributed by atoms with Crippen LogP contribution in [0, 0.1) is 0 Å². The maximum Gasteiger partial charge on any atom is 0.419 e. The van der Waals surface area contributed by atoms with Gasteiger partial charge in [0.25, 0.3) is 0 Å². The third-order valence-electron chi connectivity index (χ3n) is 6.00. The van der Waals surface area contributed by atoms with E-state index in [2.05, 4.69) is 10.3 Å². The Bertz CT molecular complexity index is 1220. The molecule has 3 aromatic rings. The summed E-state index contributed by atoms with van der Waals surface area (Å²) in [6.07, 6.45) is -2.04. The molecule has 1 aliphatic carbocycles. The molecule has 2 heterocycles. The van der Waals surface area contributed by atoms with Crippen LogP contribution in [0.2, 0.25) is 0 Å². The molecule has 3 amide bonds. The summed E-state index contributed by atoms with van der Waals surface area (Å²) in [5.74, 6) is 0. The highest BCUT2D eigenvalue weighted by molar-refractivity contribution is 5.95. The molecule has 2 aromatic carbocycles. The highest BCUT2D eigenvalue weighted by Gasteiger charge is 2.65. The molecule has 1 saturated heterocycles. The first kappa shape index (κ1) is 20.3. The first-order valence-electron chi connectivity index (χ1n) is 10.1. The molecule has 5 rings (SSSR count). The largest absolute Gasteiger partial charge is 0.438 e. The van der Waals surface area contributed by atoms with Crippen LogP contribution in [-0.4, -0.2) is 27.5 Å². The summed E-state index contributed by atoms with van der Waals surface area (Å²) in [6, 6.07) is 11.6. The molecule has 0 unspecified atom stereocenters. The number of alkyl halides is 3. The lowest BCUT2D eigenvalue weighted by Crippen LogP contribution is -2.46. The van der Waals surface area contributed by atoms with Crippen molar-refractivity contribution < 1.29 is 27.5 Å². The van der Waals surface area contributed by atoms with Gasteiger partial charge in [0, 0.05) is 24.3 Å². The van der Waals surface area contributed by atoms with Gasteiger partial charge < -0.3 is 10.1 Å². The van der Waals surface area contributed by atoms with Crippen LogP contribution in [0.4, 0.5) is 22.8 Å². The first-order chi connectivity index (χ1) is 15.3. The van der Waals surface area contributed by atoms with E-state index in [0.717, 1.165) is 33.4 Å². The smallest absolute Gasteiger partial charge is 0.419 e. The number of carbonyl (C=O) groups excluding carboxylic acids is 2. The lowest BCUT2D eigenvalue weighted by molar-refractivity contribution is -0.137. The minimum absolute atomic E-state index is 0.140. The number of carbonyl (C=O) groups is 2. The van der Waals surface area contributed by atoms with E-state index in [4.69, 9.17) is 4.74 Å². The van der Waals surface area contributed by atoms with Crippen LogP contribution in [0.15, 0.2) is 60.9 Å². The van der Waals surface area contributed by atoms with Crippen LogP contribution in [0.5, 0.6) is 0 Å². The number of fused-ring (bicyclic) bond motifs is 1. The van der Waals surface area contributed by atoms with E-state index in [0.29, 0.717) is 12.8 Å². The van der Waals surface area contributed by atoms with E-state index in [1.54, 1.807) is 12.4 Å². The molecule has 0 bridgehead atoms. The van der Waals surface area contributed by atoms with Gasteiger partial charge in [-0.25, -0.2) is 14.5 Å². The van der Waals surface area contributed by atoms with E-state index in [1.807, 2.05) is 24.3 Å². The molecule has 1 spiro atoms. The molecule has 1 aromatic heterocycles. The molecule has 6 nitrogen and oxygen atoms in total. The average Bonchev–Trinajstić information content (AvgIpc) is 3.50. The Labute approximate surface area is 181 Å². The molecule has 1 N–H and O–H groups in total. The van der Waals surface area contributed by atoms with E-state index >= 15 is 0 Å². The van der Waals surface area contributed by atoms with Gasteiger partial charge in [-0.15, -0.1) is 0 Å². The van der Waals surface area contributed by atoms with Gasteiger partial charge in [-0.1, -0.05) is 36.4 Å². The van der Waals surface area contributed by atoms with Gasteiger partial charge in [0.2, 0.25) is 0 Å². The van der Waals surface area contributed by atoms with Gasteiger partial charge in [-0.2, -0.15) is 13.2 Å². The molecule has 1 atom stereocenters. The summed E-state index contributed by atoms with van der Waals surface area (Å²) in [5, 5.41) is 4.58. The van der Waals surface area contributed by atoms with Crippen molar-refractivity contribution in [1.29, 1.82) is 0 Å². The van der Waals surface area contributed by atoms with Crippen molar-refractivity contribution in [2.45, 2.75) is 37.2 Å². The van der Waals surface area contributed by atoms with Gasteiger partial charge in [-0.3, -0.25) is 4.98 Å². The second-order valence-electron chi connectivity index (χ2n) is 8.00. The fourth-order valence-electron chi connectivity index (χ4n) is 4.29. The Morgan fingerprint density at radius 1 is 1.16 bits per heavy atom. The monoisotopic (exact) mass is 441 g/mol. The normalized spacial score (nSPS) is 19.3. The van der Waals surface area contributed by atoms with E-state index < -0.39 is 35.5 Å². The zero-order chi connectivity index (χ0) is 22.5. The van der Waals surface area contributed by atoms with Crippen molar-refractivity contribution >= 4 is 22.9 Å². The number of nitrogens with zero attached hydrogens (tertiary/aromatic N) is 2. The number of urea groups is 1. The predicted octanol–water partition coefficient (Wildman–Crippen LogP) is 5.19. The highest BCUT2D eigenvalue weighted by Crippen LogP contribution is 2.57. The minimum atomic E-state index is -4.51. The summed E-state index contributed by atoms with van der Waals surface area (Å²) >= 11 is 0. The van der Waals surface area contributed by atoms with E-state index in [9.17, 15) is 22.8 Å². The first-order valence-corrected chi connectivity index (χ1v) is 10.1. The Morgan fingerprint density at radius 2 is 1.94 bits per heavy atom. The molecular weight excluding hydrogens is 423 g/mol. The topological polar surface area (TPSA) is 71.5 Å². The number of amides is 3. The number of benzene rings is 2. The van der Waals surface area contributed by atoms with Crippen LogP contribution in [0.25, 0.3) is 10.8 Å². The molecule has 1 saturated carbocycles. The quantitative estimate of drug-likeness (QED) is 0.607. The number of rotatable bonds is 3. The van der Waals surface area contributed by atoms with Crippen molar-refractivity contribution in [3.63, 3.8) is 0 Å². The third kappa shape index (κ3) is 3.34. The number of imide groups is 1. The van der Waals surface area contributed by atoms with Gasteiger partial charge in [0.15, 0.2) is 6.10 Å². The molecule has 32 heavy (non-hydrogen) atoms. The van der Waals surface area contributed by atoms with Gasteiger partial charge >= 0.3 is 18.3 Å². The highest BCUT2D eigenvalue weighted by atomic mass is 19.4. The molecular formula is C23H18F3N3O3. The third-order valence-corrected chi connectivity index (χ3v) is 6.00. The van der Waals surface area contributed by atoms with Crippen LogP contribution in [-0.2, 0) is 17.5 Å². The Balaban J connectivity index is 1.37. The summed E-state index contributed by atoms with van der Waals surface area (Å²) in [5.41, 5.74) is -0.793. The van der Waals surface area contributed by atoms with Gasteiger partial charge in [0.05, 0.1) is 11.1 Å². The van der Waals surface area contributed by atoms with Crippen molar-refractivity contribution in [3.05, 3.63) is 77.6 Å². The molecule has 2 aliphatic rings. The molecule has 0 radical (unpaired) electrons. The van der Waals surface area contributed by atoms with Crippen LogP contribution in [0.1, 0.15) is 35.6 Å². The van der Waals surface area contributed by atoms with E-state index in [1.165, 1.54) is 12.1 Å². The number of halogens is 3. The molecule has 1 aliphatic heterocycles. The maximum atomic E-state index is 13.1. The van der Waals surface area contributed by atoms with Crippen molar-refractivity contribution in [2.75, 3.05) is 0 Å². The number of nitrogens with one attached hydrogen (secondary N) is 1. The van der Waals surface area contributed by atoms with Crippen LogP contribution in [0.3, 0.4) is 0 Å². The van der Waals surface area contributed by atoms with Gasteiger partial charge in [0.1, 0.15) is 0 Å². The number of cyclic esters (lactones) is 1. The number of pyridine rings is 1. The summed E-state index contributed by atoms with van der Waals surface area (Å²) in [6.45, 7) is 0.140. The second-order valence-corrected chi connectivity index (χ2v) is 8.00. The number of aromatic nitrogens is 1. The Morgan fingerprint density at radius 3 is 2.69 bits per heavy atom.